The van der Waals surface area contributed by atoms with E-state index < -0.39 is 23.5 Å². The number of benzene rings is 1. The predicted molar refractivity (Wildman–Crippen MR) is 65.7 cm³/mol. The van der Waals surface area contributed by atoms with Crippen LogP contribution in [0.1, 0.15) is 30.9 Å². The Hall–Kier alpha value is -1.77. The number of hydrogen-bond acceptors (Lipinski definition) is 3. The normalized spacial score (nSPS) is 14.3. The second-order valence-corrected chi connectivity index (χ2v) is 4.58. The van der Waals surface area contributed by atoms with Crippen molar-refractivity contribution >= 4 is 5.71 Å². The summed E-state index contributed by atoms with van der Waals surface area (Å²) in [5.41, 5.74) is -6.03. The van der Waals surface area contributed by atoms with Crippen molar-refractivity contribution in [1.29, 1.82) is 0 Å². The fourth-order valence-corrected chi connectivity index (χ4v) is 1.88. The molecule has 0 atom stereocenters. The maximum Gasteiger partial charge on any atom is 0.430 e. The summed E-state index contributed by atoms with van der Waals surface area (Å²) in [6.07, 6.45) is -11.0. The molecule has 0 spiro atoms. The van der Waals surface area contributed by atoms with E-state index >= 15 is 0 Å². The predicted octanol–water partition coefficient (Wildman–Crippen LogP) is 3.98. The Morgan fingerprint density at radius 3 is 1.77 bits per heavy atom. The summed E-state index contributed by atoms with van der Waals surface area (Å²) < 4.78 is 76.2. The molecule has 0 radical (unpaired) electrons. The van der Waals surface area contributed by atoms with Gasteiger partial charge in [-0.2, -0.15) is 26.3 Å². The molecule has 1 aromatic rings. The van der Waals surface area contributed by atoms with Crippen molar-refractivity contribution < 1.29 is 36.7 Å². The van der Waals surface area contributed by atoms with Gasteiger partial charge in [0.15, 0.2) is 0 Å². The van der Waals surface area contributed by atoms with Gasteiger partial charge in [0, 0.05) is 5.56 Å². The molecule has 124 valence electrons. The van der Waals surface area contributed by atoms with Gasteiger partial charge in [-0.1, -0.05) is 42.8 Å². The van der Waals surface area contributed by atoms with Crippen molar-refractivity contribution in [2.75, 3.05) is 0 Å². The Labute approximate surface area is 121 Å². The number of rotatable bonds is 4. The van der Waals surface area contributed by atoms with Crippen LogP contribution in [0, 0.1) is 0 Å². The van der Waals surface area contributed by atoms with E-state index in [1.807, 2.05) is 0 Å². The lowest BCUT2D eigenvalue weighted by Crippen LogP contribution is -2.53. The van der Waals surface area contributed by atoms with E-state index in [9.17, 15) is 31.4 Å². The molecule has 0 amide bonds. The van der Waals surface area contributed by atoms with Crippen LogP contribution in [-0.2, 0) is 5.60 Å². The molecular formula is C13H13F6NO2. The molecule has 3 nitrogen and oxygen atoms in total. The summed E-state index contributed by atoms with van der Waals surface area (Å²) in [6, 6.07) is 2.89. The third kappa shape index (κ3) is 3.18. The summed E-state index contributed by atoms with van der Waals surface area (Å²) in [5, 5.41) is 20.9. The van der Waals surface area contributed by atoms with Crippen LogP contribution in [-0.4, -0.2) is 28.4 Å². The van der Waals surface area contributed by atoms with Gasteiger partial charge in [0.1, 0.15) is 0 Å². The van der Waals surface area contributed by atoms with Crippen LogP contribution >= 0.6 is 0 Å². The number of nitrogens with zero attached hydrogens (tertiary/aromatic N) is 1. The smallest absolute Gasteiger partial charge is 0.411 e. The van der Waals surface area contributed by atoms with E-state index in [0.29, 0.717) is 25.0 Å². The van der Waals surface area contributed by atoms with Gasteiger partial charge in [-0.25, -0.2) is 0 Å². The van der Waals surface area contributed by atoms with Crippen molar-refractivity contribution in [2.45, 2.75) is 37.7 Å². The van der Waals surface area contributed by atoms with Gasteiger partial charge >= 0.3 is 12.4 Å². The minimum atomic E-state index is -5.93. The second-order valence-electron chi connectivity index (χ2n) is 4.58. The molecule has 0 saturated carbocycles. The fourth-order valence-electron chi connectivity index (χ4n) is 1.88. The molecule has 1 aromatic carbocycles. The highest BCUT2D eigenvalue weighted by atomic mass is 19.4. The number of halogens is 6. The van der Waals surface area contributed by atoms with Gasteiger partial charge in [-0.05, 0) is 12.0 Å². The van der Waals surface area contributed by atoms with E-state index in [1.165, 1.54) is 0 Å². The van der Waals surface area contributed by atoms with Gasteiger partial charge in [0.25, 0.3) is 5.60 Å². The Morgan fingerprint density at radius 1 is 1.00 bits per heavy atom. The van der Waals surface area contributed by atoms with Crippen LogP contribution in [0.15, 0.2) is 29.4 Å². The molecule has 2 N–H and O–H groups in total. The molecule has 1 rings (SSSR count). The van der Waals surface area contributed by atoms with Crippen molar-refractivity contribution in [3.63, 3.8) is 0 Å². The zero-order valence-corrected chi connectivity index (χ0v) is 11.3. The summed E-state index contributed by atoms with van der Waals surface area (Å²) in [4.78, 5) is 0. The molecule has 0 aliphatic carbocycles. The molecule has 0 saturated heterocycles. The lowest BCUT2D eigenvalue weighted by Gasteiger charge is -2.32. The molecule has 0 aliphatic rings. The van der Waals surface area contributed by atoms with Crippen LogP contribution in [0.5, 0.6) is 0 Å². The first-order valence-corrected chi connectivity index (χ1v) is 6.16. The van der Waals surface area contributed by atoms with E-state index in [0.717, 1.165) is 12.1 Å². The molecule has 0 unspecified atom stereocenters. The molecule has 0 heterocycles. The van der Waals surface area contributed by atoms with Crippen LogP contribution in [0.3, 0.4) is 0 Å². The highest BCUT2D eigenvalue weighted by molar-refractivity contribution is 6.00. The van der Waals surface area contributed by atoms with Crippen molar-refractivity contribution in [3.8, 4) is 0 Å². The number of alkyl halides is 6. The molecule has 0 aliphatic heterocycles. The van der Waals surface area contributed by atoms with Gasteiger partial charge in [-0.3, -0.25) is 0 Å². The van der Waals surface area contributed by atoms with Gasteiger partial charge < -0.3 is 10.3 Å². The number of aliphatic hydroxyl groups is 1. The molecule has 22 heavy (non-hydrogen) atoms. The fraction of sp³-hybridized carbons (Fsp3) is 0.462. The largest absolute Gasteiger partial charge is 0.430 e. The average molecular weight is 329 g/mol. The van der Waals surface area contributed by atoms with Crippen LogP contribution in [0.4, 0.5) is 26.3 Å². The van der Waals surface area contributed by atoms with Crippen molar-refractivity contribution in [2.24, 2.45) is 5.16 Å². The highest BCUT2D eigenvalue weighted by Gasteiger charge is 2.71. The second kappa shape index (κ2) is 6.15. The van der Waals surface area contributed by atoms with E-state index in [4.69, 9.17) is 5.21 Å². The zero-order valence-electron chi connectivity index (χ0n) is 11.3. The Balaban J connectivity index is 3.32. The SMILES string of the molecule is CCCC(=NO)c1ccc(C(O)(C(F)(F)F)C(F)(F)F)cc1. The molecule has 0 bridgehead atoms. The molecule has 0 aromatic heterocycles. The first-order valence-electron chi connectivity index (χ1n) is 6.16. The Bertz CT molecular complexity index is 519. The minimum Gasteiger partial charge on any atom is -0.411 e. The van der Waals surface area contributed by atoms with E-state index in [1.54, 1.807) is 6.92 Å². The minimum absolute atomic E-state index is 0.122. The Kier molecular flexibility index (Phi) is 5.11. The maximum absolute atomic E-state index is 12.7. The third-order valence-corrected chi connectivity index (χ3v) is 3.06. The van der Waals surface area contributed by atoms with Crippen LogP contribution < -0.4 is 0 Å². The lowest BCUT2D eigenvalue weighted by atomic mass is 9.91. The first kappa shape index (κ1) is 18.3. The summed E-state index contributed by atoms with van der Waals surface area (Å²) >= 11 is 0. The quantitative estimate of drug-likeness (QED) is 0.380. The van der Waals surface area contributed by atoms with Gasteiger partial charge in [-0.15, -0.1) is 0 Å². The van der Waals surface area contributed by atoms with Crippen molar-refractivity contribution in [1.82, 2.24) is 0 Å². The average Bonchev–Trinajstić information content (AvgIpc) is 2.41. The standard InChI is InChI=1S/C13H13F6NO2/c1-2-3-10(20-22)8-4-6-9(7-5-8)11(21,12(14,15)16)13(17,18)19/h4-7,21-22H,2-3H2,1H3. The maximum atomic E-state index is 12.7. The number of oxime groups is 1. The Morgan fingerprint density at radius 2 is 1.45 bits per heavy atom. The van der Waals surface area contributed by atoms with Crippen molar-refractivity contribution in [3.05, 3.63) is 35.4 Å². The number of hydrogen-bond donors (Lipinski definition) is 2. The first-order chi connectivity index (χ1) is 9.99. The summed E-state index contributed by atoms with van der Waals surface area (Å²) in [5.74, 6) is 0. The molecular weight excluding hydrogens is 316 g/mol. The molecule has 9 heteroatoms. The highest BCUT2D eigenvalue weighted by Crippen LogP contribution is 2.49. The molecule has 0 fully saturated rings. The zero-order chi connectivity index (χ0) is 17.2. The monoisotopic (exact) mass is 329 g/mol. The summed E-state index contributed by atoms with van der Waals surface area (Å²) in [7, 11) is 0. The summed E-state index contributed by atoms with van der Waals surface area (Å²) in [6.45, 7) is 1.76. The van der Waals surface area contributed by atoms with E-state index in [2.05, 4.69) is 5.16 Å². The third-order valence-electron chi connectivity index (χ3n) is 3.06. The van der Waals surface area contributed by atoms with Crippen LogP contribution in [0.2, 0.25) is 0 Å². The topological polar surface area (TPSA) is 52.8 Å². The van der Waals surface area contributed by atoms with E-state index in [-0.39, 0.29) is 11.3 Å². The van der Waals surface area contributed by atoms with Crippen LogP contribution in [0.25, 0.3) is 0 Å². The lowest BCUT2D eigenvalue weighted by molar-refractivity contribution is -0.376. The van der Waals surface area contributed by atoms with Gasteiger partial charge in [0.2, 0.25) is 0 Å². The van der Waals surface area contributed by atoms with Gasteiger partial charge in [0.05, 0.1) is 5.71 Å².